The lowest BCUT2D eigenvalue weighted by Crippen LogP contribution is -2.35. The highest BCUT2D eigenvalue weighted by Crippen LogP contribution is 2.36. The van der Waals surface area contributed by atoms with Crippen LogP contribution >= 0.6 is 11.8 Å². The molecule has 2 heterocycles. The fourth-order valence-corrected chi connectivity index (χ4v) is 3.51. The Labute approximate surface area is 147 Å². The van der Waals surface area contributed by atoms with Crippen LogP contribution in [0.15, 0.2) is 43.8 Å². The molecular weight excluding hydrogens is 346 g/mol. The van der Waals surface area contributed by atoms with E-state index in [1.165, 1.54) is 23.3 Å². The molecule has 0 unspecified atom stereocenters. The van der Waals surface area contributed by atoms with Gasteiger partial charge in [0.05, 0.1) is 17.2 Å². The molecule has 0 spiro atoms. The third-order valence-electron chi connectivity index (χ3n) is 3.55. The molecule has 2 aromatic rings. The number of anilines is 1. The Morgan fingerprint density at radius 1 is 1.28 bits per heavy atom. The molecule has 132 valence electrons. The van der Waals surface area contributed by atoms with Crippen molar-refractivity contribution in [2.45, 2.75) is 30.1 Å². The van der Waals surface area contributed by atoms with Crippen LogP contribution in [-0.4, -0.2) is 28.7 Å². The Morgan fingerprint density at radius 3 is 2.88 bits per heavy atom. The van der Waals surface area contributed by atoms with E-state index in [2.05, 4.69) is 10.3 Å². The second kappa shape index (κ2) is 7.58. The largest absolute Gasteiger partial charge is 0.463 e. The Bertz CT molecular complexity index is 905. The van der Waals surface area contributed by atoms with E-state index in [1.807, 2.05) is 24.3 Å². The highest BCUT2D eigenvalue weighted by Gasteiger charge is 2.20. The average Bonchev–Trinajstić information content (AvgIpc) is 2.76. The summed E-state index contributed by atoms with van der Waals surface area (Å²) in [6.07, 6.45) is 0. The normalized spacial score (nSPS) is 12.5. The third-order valence-corrected chi connectivity index (χ3v) is 4.78. The first kappa shape index (κ1) is 17.3. The van der Waals surface area contributed by atoms with Crippen LogP contribution in [0.1, 0.15) is 12.5 Å². The maximum absolute atomic E-state index is 12.2. The van der Waals surface area contributed by atoms with Crippen molar-refractivity contribution in [3.05, 3.63) is 50.7 Å². The number of hydrogen-bond donors (Lipinski definition) is 2. The van der Waals surface area contributed by atoms with E-state index in [4.69, 9.17) is 9.47 Å². The van der Waals surface area contributed by atoms with Crippen LogP contribution in [0, 0.1) is 0 Å². The predicted molar refractivity (Wildman–Crippen MR) is 91.8 cm³/mol. The van der Waals surface area contributed by atoms with Crippen LogP contribution in [0.3, 0.4) is 0 Å². The molecule has 1 aromatic carbocycles. The smallest absolute Gasteiger partial charge is 0.331 e. The highest BCUT2D eigenvalue weighted by atomic mass is 32.2. The van der Waals surface area contributed by atoms with Crippen molar-refractivity contribution in [2.24, 2.45) is 0 Å². The molecule has 1 aromatic heterocycles. The van der Waals surface area contributed by atoms with Crippen molar-refractivity contribution in [3.8, 4) is 0 Å². The molecule has 0 bridgehead atoms. The molecular formula is C16H17N3O5S. The summed E-state index contributed by atoms with van der Waals surface area (Å²) >= 11 is 1.34. The number of carbonyl (C=O) groups excluding carboxylic acids is 1. The number of rotatable bonds is 5. The maximum Gasteiger partial charge on any atom is 0.331 e. The van der Waals surface area contributed by atoms with Crippen molar-refractivity contribution in [1.82, 2.24) is 9.55 Å². The van der Waals surface area contributed by atoms with Gasteiger partial charge < -0.3 is 14.8 Å². The summed E-state index contributed by atoms with van der Waals surface area (Å²) < 4.78 is 11.6. The molecule has 9 heteroatoms. The van der Waals surface area contributed by atoms with Crippen molar-refractivity contribution < 1.29 is 14.3 Å². The second-order valence-corrected chi connectivity index (χ2v) is 6.33. The van der Waals surface area contributed by atoms with Gasteiger partial charge in [0.25, 0.3) is 5.56 Å². The number of aromatic amines is 1. The van der Waals surface area contributed by atoms with E-state index in [1.54, 1.807) is 0 Å². The summed E-state index contributed by atoms with van der Waals surface area (Å²) in [5.41, 5.74) is 0.425. The first-order valence-electron chi connectivity index (χ1n) is 7.64. The minimum absolute atomic E-state index is 0.0472. The van der Waals surface area contributed by atoms with Crippen molar-refractivity contribution in [1.29, 1.82) is 0 Å². The van der Waals surface area contributed by atoms with Gasteiger partial charge in [-0.15, -0.1) is 0 Å². The van der Waals surface area contributed by atoms with E-state index in [-0.39, 0.29) is 19.9 Å². The Balaban J connectivity index is 1.86. The number of carbonyl (C=O) groups is 1. The number of H-pyrrole nitrogens is 1. The number of para-hydroxylation sites is 1. The lowest BCUT2D eigenvalue weighted by Gasteiger charge is -2.13. The van der Waals surface area contributed by atoms with Gasteiger partial charge in [0.1, 0.15) is 13.3 Å². The number of nitrogens with zero attached hydrogens (tertiary/aromatic N) is 1. The molecule has 1 aliphatic rings. The van der Waals surface area contributed by atoms with Gasteiger partial charge in [-0.3, -0.25) is 19.1 Å². The zero-order chi connectivity index (χ0) is 17.8. The van der Waals surface area contributed by atoms with E-state index in [0.717, 1.165) is 10.6 Å². The standard InChI is InChI=1S/C16H17N3O5S/c1-10(20)24-7-6-23-9-19-15-11(14(21)18-16(19)22)8-17-12-4-2-3-5-13(12)25-15/h2-5,17H,6-9H2,1H3,(H,18,21,22). The molecule has 2 N–H and O–H groups in total. The van der Waals surface area contributed by atoms with Gasteiger partial charge in [-0.2, -0.15) is 0 Å². The fourth-order valence-electron chi connectivity index (χ4n) is 2.37. The van der Waals surface area contributed by atoms with Gasteiger partial charge in [0.2, 0.25) is 0 Å². The summed E-state index contributed by atoms with van der Waals surface area (Å²) in [5.74, 6) is -0.392. The van der Waals surface area contributed by atoms with E-state index in [0.29, 0.717) is 17.1 Å². The number of nitrogens with one attached hydrogen (secondary N) is 2. The van der Waals surface area contributed by atoms with Crippen molar-refractivity contribution in [3.63, 3.8) is 0 Å². The van der Waals surface area contributed by atoms with Gasteiger partial charge in [-0.05, 0) is 12.1 Å². The number of benzene rings is 1. The Kier molecular flexibility index (Phi) is 5.25. The monoisotopic (exact) mass is 363 g/mol. The van der Waals surface area contributed by atoms with Gasteiger partial charge in [-0.1, -0.05) is 23.9 Å². The van der Waals surface area contributed by atoms with Crippen LogP contribution in [0.5, 0.6) is 0 Å². The minimum Gasteiger partial charge on any atom is -0.463 e. The first-order chi connectivity index (χ1) is 12.1. The topological polar surface area (TPSA) is 102 Å². The van der Waals surface area contributed by atoms with Crippen molar-refractivity contribution in [2.75, 3.05) is 18.5 Å². The summed E-state index contributed by atoms with van der Waals surface area (Å²) in [7, 11) is 0. The fraction of sp³-hybridized carbons (Fsp3) is 0.312. The number of fused-ring (bicyclic) bond motifs is 2. The zero-order valence-corrected chi connectivity index (χ0v) is 14.4. The summed E-state index contributed by atoms with van der Waals surface area (Å²) in [5, 5.41) is 3.74. The van der Waals surface area contributed by atoms with E-state index >= 15 is 0 Å². The average molecular weight is 363 g/mol. The molecule has 3 rings (SSSR count). The van der Waals surface area contributed by atoms with Gasteiger partial charge in [-0.25, -0.2) is 4.79 Å². The quantitative estimate of drug-likeness (QED) is 0.467. The Morgan fingerprint density at radius 2 is 2.08 bits per heavy atom. The molecule has 0 aliphatic carbocycles. The maximum atomic E-state index is 12.2. The predicted octanol–water partition coefficient (Wildman–Crippen LogP) is 1.15. The molecule has 0 amide bonds. The van der Waals surface area contributed by atoms with Crippen LogP contribution in [-0.2, 0) is 27.5 Å². The van der Waals surface area contributed by atoms with Crippen LogP contribution in [0.4, 0.5) is 5.69 Å². The lowest BCUT2D eigenvalue weighted by molar-refractivity contribution is -0.142. The van der Waals surface area contributed by atoms with E-state index < -0.39 is 17.2 Å². The zero-order valence-electron chi connectivity index (χ0n) is 13.5. The van der Waals surface area contributed by atoms with Gasteiger partial charge >= 0.3 is 11.7 Å². The molecule has 25 heavy (non-hydrogen) atoms. The van der Waals surface area contributed by atoms with Crippen LogP contribution < -0.4 is 16.6 Å². The molecule has 0 atom stereocenters. The van der Waals surface area contributed by atoms with Gasteiger partial charge in [0, 0.05) is 24.1 Å². The first-order valence-corrected chi connectivity index (χ1v) is 8.46. The lowest BCUT2D eigenvalue weighted by atomic mass is 10.3. The van der Waals surface area contributed by atoms with Crippen LogP contribution in [0.25, 0.3) is 0 Å². The highest BCUT2D eigenvalue weighted by molar-refractivity contribution is 7.99. The molecule has 0 radical (unpaired) electrons. The number of ether oxygens (including phenoxy) is 2. The van der Waals surface area contributed by atoms with Gasteiger partial charge in [0.15, 0.2) is 0 Å². The molecule has 8 nitrogen and oxygen atoms in total. The van der Waals surface area contributed by atoms with Crippen molar-refractivity contribution >= 4 is 23.4 Å². The SMILES string of the molecule is CC(=O)OCCOCn1c2c(c(=O)[nH]c1=O)CNc1ccccc1S2. The Hall–Kier alpha value is -2.52. The summed E-state index contributed by atoms with van der Waals surface area (Å²) in [4.78, 5) is 38.4. The number of aromatic nitrogens is 2. The summed E-state index contributed by atoms with van der Waals surface area (Å²) in [6.45, 7) is 1.83. The van der Waals surface area contributed by atoms with Crippen LogP contribution in [0.2, 0.25) is 0 Å². The second-order valence-electron chi connectivity index (χ2n) is 5.30. The summed E-state index contributed by atoms with van der Waals surface area (Å²) in [6, 6.07) is 7.63. The third kappa shape index (κ3) is 3.94. The molecule has 1 aliphatic heterocycles. The minimum atomic E-state index is -0.539. The molecule has 0 fully saturated rings. The molecule has 0 saturated heterocycles. The molecule has 0 saturated carbocycles. The number of esters is 1. The number of hydrogen-bond acceptors (Lipinski definition) is 7. The van der Waals surface area contributed by atoms with E-state index in [9.17, 15) is 14.4 Å².